The fourth-order valence-electron chi connectivity index (χ4n) is 2.06. The quantitative estimate of drug-likeness (QED) is 0.684. The van der Waals surface area contributed by atoms with Crippen LogP contribution in [0.5, 0.6) is 0 Å². The summed E-state index contributed by atoms with van der Waals surface area (Å²) in [5.74, 6) is -0.348. The largest absolute Gasteiger partial charge is 0.457 e. The van der Waals surface area contributed by atoms with Crippen LogP contribution in [0.25, 0.3) is 0 Å². The Bertz CT molecular complexity index is 627. The van der Waals surface area contributed by atoms with Gasteiger partial charge in [-0.2, -0.15) is 0 Å². The van der Waals surface area contributed by atoms with Crippen molar-refractivity contribution in [1.29, 1.82) is 0 Å². The Morgan fingerprint density at radius 2 is 1.80 bits per heavy atom. The third kappa shape index (κ3) is 3.38. The van der Waals surface area contributed by atoms with E-state index in [1.807, 2.05) is 38.1 Å². The van der Waals surface area contributed by atoms with Gasteiger partial charge in [0.05, 0.1) is 5.56 Å². The Hall–Kier alpha value is -2.29. The van der Waals surface area contributed by atoms with Gasteiger partial charge < -0.3 is 10.5 Å². The number of aryl methyl sites for hydroxylation is 3. The fourth-order valence-corrected chi connectivity index (χ4v) is 2.06. The first kappa shape index (κ1) is 14.1. The number of carbonyl (C=O) groups excluding carboxylic acids is 1. The zero-order valence-corrected chi connectivity index (χ0v) is 12.1. The lowest BCUT2D eigenvalue weighted by Gasteiger charge is -2.08. The Morgan fingerprint density at radius 1 is 1.05 bits per heavy atom. The van der Waals surface area contributed by atoms with Crippen molar-refractivity contribution in [3.05, 3.63) is 64.2 Å². The maximum Gasteiger partial charge on any atom is 0.338 e. The van der Waals surface area contributed by atoms with Crippen molar-refractivity contribution < 1.29 is 9.53 Å². The van der Waals surface area contributed by atoms with Gasteiger partial charge in [0.15, 0.2) is 0 Å². The average Bonchev–Trinajstić information content (AvgIpc) is 2.38. The van der Waals surface area contributed by atoms with Gasteiger partial charge in [0, 0.05) is 5.69 Å². The van der Waals surface area contributed by atoms with Gasteiger partial charge in [-0.05, 0) is 61.2 Å². The summed E-state index contributed by atoms with van der Waals surface area (Å²) in [4.78, 5) is 12.0. The number of benzene rings is 2. The molecular weight excluding hydrogens is 250 g/mol. The van der Waals surface area contributed by atoms with Gasteiger partial charge in [0.1, 0.15) is 6.61 Å². The molecule has 3 heteroatoms. The number of hydrogen-bond acceptors (Lipinski definition) is 3. The molecule has 0 spiro atoms. The minimum atomic E-state index is -0.348. The van der Waals surface area contributed by atoms with E-state index in [0.29, 0.717) is 11.3 Å². The highest BCUT2D eigenvalue weighted by Crippen LogP contribution is 2.14. The molecule has 0 radical (unpaired) electrons. The van der Waals surface area contributed by atoms with E-state index in [4.69, 9.17) is 10.5 Å². The van der Waals surface area contributed by atoms with Crippen LogP contribution in [0.4, 0.5) is 5.69 Å². The SMILES string of the molecule is Cc1cc(N)cc(C(=O)OCc2ccc(C)c(C)c2)c1. The summed E-state index contributed by atoms with van der Waals surface area (Å²) in [5, 5.41) is 0. The fraction of sp³-hybridized carbons (Fsp3) is 0.235. The van der Waals surface area contributed by atoms with Crippen LogP contribution < -0.4 is 5.73 Å². The van der Waals surface area contributed by atoms with Gasteiger partial charge >= 0.3 is 5.97 Å². The molecule has 2 N–H and O–H groups in total. The van der Waals surface area contributed by atoms with Crippen molar-refractivity contribution in [3.63, 3.8) is 0 Å². The van der Waals surface area contributed by atoms with Crippen molar-refractivity contribution in [3.8, 4) is 0 Å². The Balaban J connectivity index is 2.06. The summed E-state index contributed by atoms with van der Waals surface area (Å²) in [5.41, 5.74) is 11.2. The van der Waals surface area contributed by atoms with Crippen molar-refractivity contribution in [1.82, 2.24) is 0 Å². The number of esters is 1. The minimum Gasteiger partial charge on any atom is -0.457 e. The van der Waals surface area contributed by atoms with Gasteiger partial charge in [-0.3, -0.25) is 0 Å². The first-order valence-corrected chi connectivity index (χ1v) is 6.56. The third-order valence-corrected chi connectivity index (χ3v) is 3.28. The van der Waals surface area contributed by atoms with Gasteiger partial charge in [0.25, 0.3) is 0 Å². The molecule has 0 bridgehead atoms. The molecule has 0 aliphatic rings. The van der Waals surface area contributed by atoms with Crippen molar-refractivity contribution in [2.45, 2.75) is 27.4 Å². The molecule has 20 heavy (non-hydrogen) atoms. The van der Waals surface area contributed by atoms with Crippen LogP contribution in [-0.4, -0.2) is 5.97 Å². The van der Waals surface area contributed by atoms with E-state index in [9.17, 15) is 4.79 Å². The van der Waals surface area contributed by atoms with Gasteiger partial charge in [-0.25, -0.2) is 4.79 Å². The van der Waals surface area contributed by atoms with E-state index < -0.39 is 0 Å². The number of hydrogen-bond donors (Lipinski definition) is 1. The molecule has 0 saturated carbocycles. The highest BCUT2D eigenvalue weighted by molar-refractivity contribution is 5.90. The molecule has 0 saturated heterocycles. The maximum absolute atomic E-state index is 12.0. The molecule has 104 valence electrons. The van der Waals surface area contributed by atoms with E-state index in [1.165, 1.54) is 11.1 Å². The molecule has 0 aliphatic heterocycles. The second kappa shape index (κ2) is 5.78. The highest BCUT2D eigenvalue weighted by Gasteiger charge is 2.09. The monoisotopic (exact) mass is 269 g/mol. The number of carbonyl (C=O) groups is 1. The van der Waals surface area contributed by atoms with Gasteiger partial charge in [0.2, 0.25) is 0 Å². The third-order valence-electron chi connectivity index (χ3n) is 3.28. The first-order chi connectivity index (χ1) is 9.45. The molecule has 2 rings (SSSR count). The lowest BCUT2D eigenvalue weighted by molar-refractivity contribution is 0.0472. The summed E-state index contributed by atoms with van der Waals surface area (Å²) in [6, 6.07) is 11.3. The van der Waals surface area contributed by atoms with E-state index in [1.54, 1.807) is 12.1 Å². The smallest absolute Gasteiger partial charge is 0.338 e. The Labute approximate surface area is 119 Å². The lowest BCUT2D eigenvalue weighted by atomic mass is 10.1. The predicted molar refractivity (Wildman–Crippen MR) is 80.6 cm³/mol. The van der Waals surface area contributed by atoms with Crippen LogP contribution in [0.1, 0.15) is 32.6 Å². The molecule has 0 fully saturated rings. The van der Waals surface area contributed by atoms with E-state index in [0.717, 1.165) is 11.1 Å². The standard InChI is InChI=1S/C17H19NO2/c1-11-6-15(9-16(18)7-11)17(19)20-10-14-5-4-12(2)13(3)8-14/h4-9H,10,18H2,1-3H3. The van der Waals surface area contributed by atoms with Crippen molar-refractivity contribution in [2.24, 2.45) is 0 Å². The van der Waals surface area contributed by atoms with Crippen LogP contribution in [0.2, 0.25) is 0 Å². The Kier molecular flexibility index (Phi) is 4.08. The normalized spacial score (nSPS) is 10.3. The topological polar surface area (TPSA) is 52.3 Å². The Morgan fingerprint density at radius 3 is 2.45 bits per heavy atom. The number of ether oxygens (including phenoxy) is 1. The molecule has 3 nitrogen and oxygen atoms in total. The van der Waals surface area contributed by atoms with Gasteiger partial charge in [-0.15, -0.1) is 0 Å². The predicted octanol–water partition coefficient (Wildman–Crippen LogP) is 3.55. The van der Waals surface area contributed by atoms with Crippen LogP contribution in [-0.2, 0) is 11.3 Å². The van der Waals surface area contributed by atoms with Crippen molar-refractivity contribution >= 4 is 11.7 Å². The molecule has 2 aromatic rings. The summed E-state index contributed by atoms with van der Waals surface area (Å²) in [6.07, 6.45) is 0. The van der Waals surface area contributed by atoms with Crippen LogP contribution in [0.3, 0.4) is 0 Å². The highest BCUT2D eigenvalue weighted by atomic mass is 16.5. The molecule has 0 heterocycles. The van der Waals surface area contributed by atoms with E-state index >= 15 is 0 Å². The van der Waals surface area contributed by atoms with Crippen molar-refractivity contribution in [2.75, 3.05) is 5.73 Å². The van der Waals surface area contributed by atoms with Crippen LogP contribution in [0, 0.1) is 20.8 Å². The lowest BCUT2D eigenvalue weighted by Crippen LogP contribution is -2.06. The van der Waals surface area contributed by atoms with Crippen LogP contribution >= 0.6 is 0 Å². The molecule has 0 atom stereocenters. The zero-order valence-electron chi connectivity index (χ0n) is 12.1. The molecule has 0 amide bonds. The maximum atomic E-state index is 12.0. The number of rotatable bonds is 3. The van der Waals surface area contributed by atoms with E-state index in [2.05, 4.69) is 6.92 Å². The number of anilines is 1. The number of nitrogens with two attached hydrogens (primary N) is 1. The molecular formula is C17H19NO2. The molecule has 0 aromatic heterocycles. The molecule has 0 aliphatic carbocycles. The molecule has 2 aromatic carbocycles. The average molecular weight is 269 g/mol. The second-order valence-electron chi connectivity index (χ2n) is 5.13. The summed E-state index contributed by atoms with van der Waals surface area (Å²) < 4.78 is 5.32. The molecule has 0 unspecified atom stereocenters. The second-order valence-corrected chi connectivity index (χ2v) is 5.13. The first-order valence-electron chi connectivity index (χ1n) is 6.56. The van der Waals surface area contributed by atoms with Gasteiger partial charge in [-0.1, -0.05) is 18.2 Å². The zero-order chi connectivity index (χ0) is 14.7. The summed E-state index contributed by atoms with van der Waals surface area (Å²) >= 11 is 0. The van der Waals surface area contributed by atoms with Crippen LogP contribution in [0.15, 0.2) is 36.4 Å². The van der Waals surface area contributed by atoms with E-state index in [-0.39, 0.29) is 12.6 Å². The summed E-state index contributed by atoms with van der Waals surface area (Å²) in [7, 11) is 0. The minimum absolute atomic E-state index is 0.272. The number of nitrogen functional groups attached to an aromatic ring is 1. The summed E-state index contributed by atoms with van der Waals surface area (Å²) in [6.45, 7) is 6.27.